The Labute approximate surface area is 182 Å². The standard InChI is InChI=1S/C26H23NO4/c1-18-12-19(2)14-24(13-18)31-17-25(28)27-23-9-5-7-21(16-23)11-10-20-6-4-8-22(15-20)26(29)30-3/h4-9,12-16H,17H2,1-3H3,(H,27,28). The second-order valence-corrected chi connectivity index (χ2v) is 7.06. The van der Waals surface area contributed by atoms with Gasteiger partial charge in [-0.25, -0.2) is 4.79 Å². The fraction of sp³-hybridized carbons (Fsp3) is 0.154. The first-order valence-corrected chi connectivity index (χ1v) is 9.74. The van der Waals surface area contributed by atoms with E-state index in [0.717, 1.165) is 16.7 Å². The summed E-state index contributed by atoms with van der Waals surface area (Å²) in [7, 11) is 1.34. The molecule has 0 heterocycles. The van der Waals surface area contributed by atoms with E-state index < -0.39 is 5.97 Å². The normalized spacial score (nSPS) is 9.90. The van der Waals surface area contributed by atoms with E-state index in [1.807, 2.05) is 50.2 Å². The van der Waals surface area contributed by atoms with Crippen LogP contribution in [-0.4, -0.2) is 25.6 Å². The minimum absolute atomic E-state index is 0.0842. The summed E-state index contributed by atoms with van der Waals surface area (Å²) < 4.78 is 10.3. The van der Waals surface area contributed by atoms with Crippen LogP contribution >= 0.6 is 0 Å². The molecule has 1 N–H and O–H groups in total. The number of carbonyl (C=O) groups excluding carboxylic acids is 2. The molecule has 0 saturated carbocycles. The molecule has 3 rings (SSSR count). The SMILES string of the molecule is COC(=O)c1cccc(C#Cc2cccc(NC(=O)COc3cc(C)cc(C)c3)c2)c1. The molecular formula is C26H23NO4. The Balaban J connectivity index is 1.63. The number of ether oxygens (including phenoxy) is 2. The average Bonchev–Trinajstić information content (AvgIpc) is 2.75. The highest BCUT2D eigenvalue weighted by atomic mass is 16.5. The molecule has 3 aromatic rings. The van der Waals surface area contributed by atoms with Crippen LogP contribution in [0.25, 0.3) is 0 Å². The number of nitrogens with one attached hydrogen (secondary N) is 1. The van der Waals surface area contributed by atoms with Gasteiger partial charge in [-0.05, 0) is 73.5 Å². The second-order valence-electron chi connectivity index (χ2n) is 7.06. The minimum Gasteiger partial charge on any atom is -0.484 e. The van der Waals surface area contributed by atoms with Gasteiger partial charge in [-0.15, -0.1) is 0 Å². The molecule has 1 amide bonds. The molecule has 0 aliphatic carbocycles. The van der Waals surface area contributed by atoms with Gasteiger partial charge in [0.1, 0.15) is 5.75 Å². The van der Waals surface area contributed by atoms with E-state index in [-0.39, 0.29) is 12.5 Å². The lowest BCUT2D eigenvalue weighted by Crippen LogP contribution is -2.20. The summed E-state index contributed by atoms with van der Waals surface area (Å²) in [6.07, 6.45) is 0. The third-order valence-corrected chi connectivity index (χ3v) is 4.35. The molecule has 0 saturated heterocycles. The molecule has 0 radical (unpaired) electrons. The van der Waals surface area contributed by atoms with Gasteiger partial charge in [-0.3, -0.25) is 4.79 Å². The Morgan fingerprint density at radius 2 is 1.52 bits per heavy atom. The van der Waals surface area contributed by atoms with Crippen LogP contribution in [0.4, 0.5) is 5.69 Å². The fourth-order valence-electron chi connectivity index (χ4n) is 3.02. The molecule has 0 aliphatic heterocycles. The Hall–Kier alpha value is -4.04. The van der Waals surface area contributed by atoms with Crippen molar-refractivity contribution in [2.45, 2.75) is 13.8 Å². The lowest BCUT2D eigenvalue weighted by atomic mass is 10.1. The van der Waals surface area contributed by atoms with Crippen molar-refractivity contribution in [3.63, 3.8) is 0 Å². The number of rotatable bonds is 5. The quantitative estimate of drug-likeness (QED) is 0.494. The number of aryl methyl sites for hydroxylation is 2. The van der Waals surface area contributed by atoms with E-state index in [1.54, 1.807) is 30.3 Å². The molecule has 31 heavy (non-hydrogen) atoms. The van der Waals surface area contributed by atoms with E-state index in [2.05, 4.69) is 17.2 Å². The highest BCUT2D eigenvalue weighted by Gasteiger charge is 2.06. The van der Waals surface area contributed by atoms with E-state index >= 15 is 0 Å². The van der Waals surface area contributed by atoms with Crippen molar-refractivity contribution in [2.24, 2.45) is 0 Å². The zero-order valence-corrected chi connectivity index (χ0v) is 17.7. The predicted octanol–water partition coefficient (Wildman–Crippen LogP) is 4.51. The largest absolute Gasteiger partial charge is 0.484 e. The van der Waals surface area contributed by atoms with Gasteiger partial charge in [-0.2, -0.15) is 0 Å². The maximum absolute atomic E-state index is 12.3. The third-order valence-electron chi connectivity index (χ3n) is 4.35. The van der Waals surface area contributed by atoms with Gasteiger partial charge in [0.05, 0.1) is 12.7 Å². The first-order chi connectivity index (χ1) is 14.9. The topological polar surface area (TPSA) is 64.6 Å². The van der Waals surface area contributed by atoms with Gasteiger partial charge in [0.2, 0.25) is 0 Å². The minimum atomic E-state index is -0.406. The Bertz CT molecular complexity index is 1150. The molecule has 0 aliphatic rings. The summed E-state index contributed by atoms with van der Waals surface area (Å²) >= 11 is 0. The van der Waals surface area contributed by atoms with Crippen LogP contribution in [0.2, 0.25) is 0 Å². The summed E-state index contributed by atoms with van der Waals surface area (Å²) in [5, 5.41) is 2.82. The van der Waals surface area contributed by atoms with Gasteiger partial charge in [0.15, 0.2) is 6.61 Å². The highest BCUT2D eigenvalue weighted by Crippen LogP contribution is 2.16. The molecule has 0 aromatic heterocycles. The number of benzene rings is 3. The molecule has 0 spiro atoms. The van der Waals surface area contributed by atoms with E-state index in [9.17, 15) is 9.59 Å². The van der Waals surface area contributed by atoms with E-state index in [4.69, 9.17) is 9.47 Å². The zero-order chi connectivity index (χ0) is 22.2. The zero-order valence-electron chi connectivity index (χ0n) is 17.7. The van der Waals surface area contributed by atoms with Crippen molar-refractivity contribution >= 4 is 17.6 Å². The van der Waals surface area contributed by atoms with Crippen LogP contribution < -0.4 is 10.1 Å². The van der Waals surface area contributed by atoms with Crippen molar-refractivity contribution in [1.29, 1.82) is 0 Å². The summed E-state index contributed by atoms with van der Waals surface area (Å²) in [6.45, 7) is 3.88. The van der Waals surface area contributed by atoms with Crippen molar-refractivity contribution in [1.82, 2.24) is 0 Å². The number of hydrogen-bond donors (Lipinski definition) is 1. The first kappa shape index (κ1) is 21.7. The van der Waals surface area contributed by atoms with Gasteiger partial charge < -0.3 is 14.8 Å². The molecule has 3 aromatic carbocycles. The van der Waals surface area contributed by atoms with Gasteiger partial charge in [-0.1, -0.05) is 30.0 Å². The molecule has 5 heteroatoms. The Morgan fingerprint density at radius 1 is 0.871 bits per heavy atom. The summed E-state index contributed by atoms with van der Waals surface area (Å²) in [6, 6.07) is 20.0. The molecule has 0 bridgehead atoms. The van der Waals surface area contributed by atoms with Gasteiger partial charge >= 0.3 is 5.97 Å². The fourth-order valence-corrected chi connectivity index (χ4v) is 3.02. The van der Waals surface area contributed by atoms with Crippen LogP contribution in [0, 0.1) is 25.7 Å². The summed E-state index contributed by atoms with van der Waals surface area (Å²) in [5.41, 5.74) is 4.66. The number of amides is 1. The summed E-state index contributed by atoms with van der Waals surface area (Å²) in [5.74, 6) is 6.07. The number of carbonyl (C=O) groups is 2. The van der Waals surface area contributed by atoms with E-state index in [0.29, 0.717) is 22.6 Å². The van der Waals surface area contributed by atoms with Crippen LogP contribution in [0.5, 0.6) is 5.75 Å². The average molecular weight is 413 g/mol. The number of esters is 1. The van der Waals surface area contributed by atoms with Crippen molar-refractivity contribution in [2.75, 3.05) is 19.0 Å². The smallest absolute Gasteiger partial charge is 0.337 e. The third kappa shape index (κ3) is 6.48. The lowest BCUT2D eigenvalue weighted by molar-refractivity contribution is -0.118. The first-order valence-electron chi connectivity index (χ1n) is 9.74. The van der Waals surface area contributed by atoms with Crippen LogP contribution in [-0.2, 0) is 9.53 Å². The summed E-state index contributed by atoms with van der Waals surface area (Å²) in [4.78, 5) is 23.9. The van der Waals surface area contributed by atoms with Crippen molar-refractivity contribution in [3.8, 4) is 17.6 Å². The highest BCUT2D eigenvalue weighted by molar-refractivity contribution is 5.92. The second kappa shape index (κ2) is 10.1. The number of anilines is 1. The molecule has 156 valence electrons. The molecule has 0 fully saturated rings. The van der Waals surface area contributed by atoms with Crippen LogP contribution in [0.15, 0.2) is 66.7 Å². The van der Waals surface area contributed by atoms with Crippen molar-refractivity contribution < 1.29 is 19.1 Å². The molecular weight excluding hydrogens is 390 g/mol. The van der Waals surface area contributed by atoms with Gasteiger partial charge in [0.25, 0.3) is 5.91 Å². The predicted molar refractivity (Wildman–Crippen MR) is 120 cm³/mol. The maximum atomic E-state index is 12.3. The maximum Gasteiger partial charge on any atom is 0.337 e. The van der Waals surface area contributed by atoms with Crippen molar-refractivity contribution in [3.05, 3.63) is 94.5 Å². The van der Waals surface area contributed by atoms with Crippen LogP contribution in [0.1, 0.15) is 32.6 Å². The number of methoxy groups -OCH3 is 1. The number of hydrogen-bond acceptors (Lipinski definition) is 4. The van der Waals surface area contributed by atoms with Crippen LogP contribution in [0.3, 0.4) is 0 Å². The molecule has 0 unspecified atom stereocenters. The molecule has 5 nitrogen and oxygen atoms in total. The molecule has 0 atom stereocenters. The van der Waals surface area contributed by atoms with Gasteiger partial charge in [0, 0.05) is 16.8 Å². The Kier molecular flexibility index (Phi) is 7.08. The Morgan fingerprint density at radius 3 is 2.19 bits per heavy atom. The van der Waals surface area contributed by atoms with E-state index in [1.165, 1.54) is 7.11 Å². The monoisotopic (exact) mass is 413 g/mol. The lowest BCUT2D eigenvalue weighted by Gasteiger charge is -2.09.